The molecule has 0 heterocycles. The van der Waals surface area contributed by atoms with E-state index < -0.39 is 5.60 Å². The van der Waals surface area contributed by atoms with E-state index in [1.165, 1.54) is 5.57 Å². The number of ketones is 1. The molecule has 0 aromatic rings. The summed E-state index contributed by atoms with van der Waals surface area (Å²) in [5, 5.41) is 12.5. The molecule has 25 heavy (non-hydrogen) atoms. The van der Waals surface area contributed by atoms with E-state index in [0.29, 0.717) is 40.3 Å². The van der Waals surface area contributed by atoms with Gasteiger partial charge < -0.3 is 5.11 Å². The van der Waals surface area contributed by atoms with Gasteiger partial charge in [-0.15, -0.1) is 0 Å². The van der Waals surface area contributed by atoms with Gasteiger partial charge in [0.1, 0.15) is 5.60 Å². The van der Waals surface area contributed by atoms with Crippen LogP contribution >= 0.6 is 27.5 Å². The summed E-state index contributed by atoms with van der Waals surface area (Å²) in [7, 11) is 0. The molecule has 4 rings (SSSR count). The monoisotopic (exact) mass is 426 g/mol. The first-order valence-corrected chi connectivity index (χ1v) is 11.1. The maximum atomic E-state index is 11.9. The largest absolute Gasteiger partial charge is 0.383 e. The number of aliphatic hydroxyl groups is 1. The summed E-state index contributed by atoms with van der Waals surface area (Å²) < 4.78 is 0. The van der Waals surface area contributed by atoms with Gasteiger partial charge >= 0.3 is 0 Å². The van der Waals surface area contributed by atoms with Crippen molar-refractivity contribution in [3.8, 4) is 0 Å². The lowest BCUT2D eigenvalue weighted by Crippen LogP contribution is -2.61. The van der Waals surface area contributed by atoms with Gasteiger partial charge in [-0.2, -0.15) is 0 Å². The molecule has 0 radical (unpaired) electrons. The highest BCUT2D eigenvalue weighted by Gasteiger charge is 2.62. The number of fused-ring (bicyclic) bond motifs is 5. The van der Waals surface area contributed by atoms with Crippen molar-refractivity contribution in [3.63, 3.8) is 0 Å². The highest BCUT2D eigenvalue weighted by Crippen LogP contribution is 2.66. The fourth-order valence-corrected chi connectivity index (χ4v) is 8.19. The summed E-state index contributed by atoms with van der Waals surface area (Å²) in [4.78, 5) is 11.9. The number of carbonyl (C=O) groups is 1. The lowest BCUT2D eigenvalue weighted by atomic mass is 9.43. The smallest absolute Gasteiger partial charge is 0.155 e. The van der Waals surface area contributed by atoms with Gasteiger partial charge in [0.15, 0.2) is 5.78 Å². The maximum absolute atomic E-state index is 11.9. The van der Waals surface area contributed by atoms with Gasteiger partial charge in [-0.3, -0.25) is 4.79 Å². The lowest BCUT2D eigenvalue weighted by molar-refractivity contribution is -0.141. The van der Waals surface area contributed by atoms with Crippen molar-refractivity contribution in [2.24, 2.45) is 28.6 Å². The summed E-state index contributed by atoms with van der Waals surface area (Å²) in [5.74, 6) is 2.02. The second kappa shape index (κ2) is 5.94. The molecule has 6 atom stereocenters. The minimum atomic E-state index is -0.956. The molecule has 4 heteroatoms. The van der Waals surface area contributed by atoms with E-state index in [0.717, 1.165) is 38.5 Å². The molecule has 138 valence electrons. The summed E-state index contributed by atoms with van der Waals surface area (Å²) >= 11 is 10.0. The van der Waals surface area contributed by atoms with Gasteiger partial charge in [0.2, 0.25) is 0 Å². The van der Waals surface area contributed by atoms with Gasteiger partial charge in [-0.05, 0) is 67.8 Å². The molecule has 2 fully saturated rings. The van der Waals surface area contributed by atoms with Crippen molar-refractivity contribution in [3.05, 3.63) is 22.8 Å². The van der Waals surface area contributed by atoms with E-state index >= 15 is 0 Å². The third-order valence-corrected chi connectivity index (χ3v) is 9.71. The van der Waals surface area contributed by atoms with Gasteiger partial charge in [0.05, 0.1) is 0 Å². The normalized spacial score (nSPS) is 49.5. The van der Waals surface area contributed by atoms with Crippen LogP contribution in [0.1, 0.15) is 58.8 Å². The van der Waals surface area contributed by atoms with E-state index in [4.69, 9.17) is 11.6 Å². The Morgan fingerprint density at radius 2 is 2.00 bits per heavy atom. The Morgan fingerprint density at radius 1 is 1.24 bits per heavy atom. The molecule has 0 bridgehead atoms. The van der Waals surface area contributed by atoms with Crippen LogP contribution in [0.25, 0.3) is 0 Å². The van der Waals surface area contributed by atoms with Crippen LogP contribution in [0.15, 0.2) is 22.8 Å². The predicted molar refractivity (Wildman–Crippen MR) is 105 cm³/mol. The predicted octanol–water partition coefficient (Wildman–Crippen LogP) is 5.38. The van der Waals surface area contributed by atoms with Crippen molar-refractivity contribution >= 4 is 33.3 Å². The standard InChI is InChI=1S/C21H28BrClO2/c1-19-9-7-14(24)11-13(19)3-4-15-16(19)8-10-20(2)17(15)5-6-18(23)21(20,25)12-22/h6,11,15-17,25H,3-5,7-10,12H2,1-2H3/t15-,16+,17+,19+,20+,21+/m1/s1. The minimum Gasteiger partial charge on any atom is -0.383 e. The zero-order valence-corrected chi connectivity index (χ0v) is 17.5. The van der Waals surface area contributed by atoms with Gasteiger partial charge in [0.25, 0.3) is 0 Å². The Balaban J connectivity index is 1.73. The number of alkyl halides is 1. The minimum absolute atomic E-state index is 0.175. The quantitative estimate of drug-likeness (QED) is 0.571. The van der Waals surface area contributed by atoms with Crippen molar-refractivity contribution in [2.45, 2.75) is 64.4 Å². The average molecular weight is 428 g/mol. The highest BCUT2D eigenvalue weighted by atomic mass is 79.9. The molecule has 4 aliphatic carbocycles. The second-order valence-corrected chi connectivity index (χ2v) is 10.2. The summed E-state index contributed by atoms with van der Waals surface area (Å²) in [6, 6.07) is 0. The molecule has 0 amide bonds. The second-order valence-electron chi connectivity index (χ2n) is 9.21. The number of allylic oxidation sites excluding steroid dienone is 3. The molecule has 4 aliphatic rings. The average Bonchev–Trinajstić information content (AvgIpc) is 2.59. The van der Waals surface area contributed by atoms with Gasteiger partial charge in [0, 0.05) is 22.2 Å². The number of carbonyl (C=O) groups excluding carboxylic acids is 1. The van der Waals surface area contributed by atoms with Gasteiger partial charge in [-0.25, -0.2) is 0 Å². The number of halogens is 2. The Morgan fingerprint density at radius 3 is 2.72 bits per heavy atom. The first kappa shape index (κ1) is 18.3. The molecule has 2 saturated carbocycles. The van der Waals surface area contributed by atoms with Crippen LogP contribution in [0.2, 0.25) is 0 Å². The van der Waals surface area contributed by atoms with E-state index in [1.807, 2.05) is 6.08 Å². The molecule has 0 aromatic carbocycles. The number of hydrogen-bond donors (Lipinski definition) is 1. The van der Waals surface area contributed by atoms with Crippen LogP contribution in [0.3, 0.4) is 0 Å². The first-order valence-electron chi connectivity index (χ1n) is 9.64. The van der Waals surface area contributed by atoms with Crippen molar-refractivity contribution in [1.29, 1.82) is 0 Å². The van der Waals surface area contributed by atoms with Crippen LogP contribution < -0.4 is 0 Å². The molecule has 0 aromatic heterocycles. The molecular formula is C21H28BrClO2. The molecule has 0 spiro atoms. The third kappa shape index (κ3) is 2.34. The first-order chi connectivity index (χ1) is 11.8. The summed E-state index contributed by atoms with van der Waals surface area (Å²) in [5.41, 5.74) is 0.442. The van der Waals surface area contributed by atoms with E-state index in [1.54, 1.807) is 0 Å². The highest BCUT2D eigenvalue weighted by molar-refractivity contribution is 9.09. The molecule has 0 aliphatic heterocycles. The van der Waals surface area contributed by atoms with E-state index in [2.05, 4.69) is 35.9 Å². The molecular weight excluding hydrogens is 400 g/mol. The Bertz CT molecular complexity index is 671. The Kier molecular flexibility index (Phi) is 4.34. The van der Waals surface area contributed by atoms with Crippen molar-refractivity contribution in [1.82, 2.24) is 0 Å². The fraction of sp³-hybridized carbons (Fsp3) is 0.762. The number of rotatable bonds is 1. The topological polar surface area (TPSA) is 37.3 Å². The van der Waals surface area contributed by atoms with E-state index in [9.17, 15) is 9.90 Å². The molecule has 2 nitrogen and oxygen atoms in total. The fourth-order valence-electron chi connectivity index (χ4n) is 6.72. The van der Waals surface area contributed by atoms with Crippen molar-refractivity contribution in [2.75, 3.05) is 5.33 Å². The van der Waals surface area contributed by atoms with Crippen LogP contribution in [-0.4, -0.2) is 21.8 Å². The van der Waals surface area contributed by atoms with Crippen LogP contribution in [0.5, 0.6) is 0 Å². The maximum Gasteiger partial charge on any atom is 0.155 e. The van der Waals surface area contributed by atoms with E-state index in [-0.39, 0.29) is 10.8 Å². The lowest BCUT2D eigenvalue weighted by Gasteiger charge is -2.63. The summed E-state index contributed by atoms with van der Waals surface area (Å²) in [6.07, 6.45) is 11.0. The third-order valence-electron chi connectivity index (χ3n) is 8.44. The molecule has 0 saturated heterocycles. The molecule has 1 N–H and O–H groups in total. The van der Waals surface area contributed by atoms with Crippen LogP contribution in [0, 0.1) is 28.6 Å². The molecule has 0 unspecified atom stereocenters. The van der Waals surface area contributed by atoms with Gasteiger partial charge in [-0.1, -0.05) is 53.0 Å². The zero-order valence-electron chi connectivity index (χ0n) is 15.2. The van der Waals surface area contributed by atoms with Crippen molar-refractivity contribution < 1.29 is 9.90 Å². The van der Waals surface area contributed by atoms with Crippen LogP contribution in [0.4, 0.5) is 0 Å². The number of hydrogen-bond acceptors (Lipinski definition) is 2. The summed E-state index contributed by atoms with van der Waals surface area (Å²) in [6.45, 7) is 4.65. The Labute approximate surface area is 164 Å². The SMILES string of the molecule is C[C@]12CCC(=O)C=C1CC[C@@H]1[C@@H]2CC[C@@]2(C)[C@H]1CC=C(Cl)[C@@]2(O)CBr. The van der Waals surface area contributed by atoms with Crippen LogP contribution in [-0.2, 0) is 4.79 Å². The Hall–Kier alpha value is -0.120. The zero-order chi connectivity index (χ0) is 18.0.